The number of hydrogen-bond acceptors (Lipinski definition) is 1. The number of aromatic amines is 1. The van der Waals surface area contributed by atoms with Crippen molar-refractivity contribution in [3.8, 4) is 0 Å². The quantitative estimate of drug-likeness (QED) is 0.591. The van der Waals surface area contributed by atoms with Crippen LogP contribution in [0, 0.1) is 6.92 Å². The smallest absolute Gasteiger partial charge is 0.0664 e. The highest BCUT2D eigenvalue weighted by atomic mass is 14.8. The zero-order chi connectivity index (χ0) is 13.9. The number of para-hydroxylation sites is 2. The van der Waals surface area contributed by atoms with Crippen molar-refractivity contribution in [3.05, 3.63) is 65.9 Å². The Bertz CT molecular complexity index is 753. The van der Waals surface area contributed by atoms with Gasteiger partial charge in [-0.1, -0.05) is 43.3 Å². The molecule has 1 unspecified atom stereocenters. The van der Waals surface area contributed by atoms with Gasteiger partial charge in [-0.15, -0.1) is 0 Å². The van der Waals surface area contributed by atoms with Gasteiger partial charge in [-0.05, 0) is 30.2 Å². The van der Waals surface area contributed by atoms with E-state index in [9.17, 15) is 0 Å². The topological polar surface area (TPSA) is 28.1 Å². The van der Waals surface area contributed by atoms with E-state index in [2.05, 4.69) is 60.2 Å². The highest BCUT2D eigenvalue weighted by Gasteiger charge is 2.11. The molecule has 0 saturated carbocycles. The second-order valence-corrected chi connectivity index (χ2v) is 5.14. The van der Waals surface area contributed by atoms with E-state index >= 15 is 0 Å². The maximum absolute atomic E-state index is 4.26. The number of hydrogen-bond donors (Lipinski definition) is 1. The summed E-state index contributed by atoms with van der Waals surface area (Å²) in [6.45, 7) is 4.27. The fourth-order valence-corrected chi connectivity index (χ4v) is 2.48. The number of H-pyrrole nitrogens is 1. The molecular formula is C18H18N2. The van der Waals surface area contributed by atoms with E-state index in [1.807, 2.05) is 24.5 Å². The number of benzene rings is 2. The predicted octanol–water partition coefficient (Wildman–Crippen LogP) is 4.98. The van der Waals surface area contributed by atoms with Crippen molar-refractivity contribution in [1.29, 1.82) is 0 Å². The first-order valence-electron chi connectivity index (χ1n) is 6.91. The van der Waals surface area contributed by atoms with Crippen LogP contribution in [0.15, 0.2) is 59.7 Å². The second kappa shape index (κ2) is 5.33. The van der Waals surface area contributed by atoms with Crippen molar-refractivity contribution in [3.63, 3.8) is 0 Å². The number of fused-ring (bicyclic) bond motifs is 2. The van der Waals surface area contributed by atoms with Gasteiger partial charge >= 0.3 is 0 Å². The van der Waals surface area contributed by atoms with Gasteiger partial charge in [0.1, 0.15) is 0 Å². The first-order chi connectivity index (χ1) is 9.75. The number of nitrogens with zero attached hydrogens (tertiary/aromatic N) is 1. The fourth-order valence-electron chi connectivity index (χ4n) is 2.48. The molecule has 0 amide bonds. The summed E-state index contributed by atoms with van der Waals surface area (Å²) in [7, 11) is 0. The molecule has 1 aliphatic rings. The van der Waals surface area contributed by atoms with Crippen LogP contribution < -0.4 is 0 Å². The lowest BCUT2D eigenvalue weighted by Crippen LogP contribution is -1.86. The van der Waals surface area contributed by atoms with E-state index in [-0.39, 0.29) is 0 Å². The van der Waals surface area contributed by atoms with Crippen molar-refractivity contribution in [1.82, 2.24) is 4.98 Å². The Morgan fingerprint density at radius 2 is 1.75 bits per heavy atom. The average molecular weight is 262 g/mol. The molecule has 0 bridgehead atoms. The molecule has 1 aliphatic heterocycles. The molecule has 3 aromatic rings. The number of aromatic nitrogens is 1. The zero-order valence-electron chi connectivity index (χ0n) is 11.8. The van der Waals surface area contributed by atoms with Crippen molar-refractivity contribution in [2.75, 3.05) is 0 Å². The fraction of sp³-hybridized carbons (Fsp3) is 0.167. The summed E-state index contributed by atoms with van der Waals surface area (Å²) in [6.07, 6.45) is 4.02. The SMILES string of the molecule is CC1C=Nc2ccccc21.Cc1c[nH]c2ccccc12. The van der Waals surface area contributed by atoms with Crippen LogP contribution in [-0.2, 0) is 0 Å². The molecule has 1 N–H and O–H groups in total. The Labute approximate surface area is 119 Å². The van der Waals surface area contributed by atoms with Crippen LogP contribution in [0.1, 0.15) is 24.0 Å². The predicted molar refractivity (Wildman–Crippen MR) is 86.0 cm³/mol. The van der Waals surface area contributed by atoms with Crippen molar-refractivity contribution in [2.24, 2.45) is 4.99 Å². The van der Waals surface area contributed by atoms with Crippen LogP contribution in [0.4, 0.5) is 5.69 Å². The molecule has 0 spiro atoms. The summed E-state index contributed by atoms with van der Waals surface area (Å²) in [5.74, 6) is 0.510. The van der Waals surface area contributed by atoms with E-state index in [1.54, 1.807) is 0 Å². The minimum absolute atomic E-state index is 0.510. The third-order valence-corrected chi connectivity index (χ3v) is 3.66. The van der Waals surface area contributed by atoms with Crippen LogP contribution in [0.3, 0.4) is 0 Å². The van der Waals surface area contributed by atoms with Crippen molar-refractivity contribution < 1.29 is 0 Å². The summed E-state index contributed by atoms with van der Waals surface area (Å²) in [5, 5.41) is 1.32. The van der Waals surface area contributed by atoms with Gasteiger partial charge in [0.05, 0.1) is 5.69 Å². The van der Waals surface area contributed by atoms with E-state index in [0.717, 1.165) is 5.69 Å². The monoisotopic (exact) mass is 262 g/mol. The molecule has 0 saturated heterocycles. The zero-order valence-corrected chi connectivity index (χ0v) is 11.8. The lowest BCUT2D eigenvalue weighted by atomic mass is 10.0. The molecule has 1 aromatic heterocycles. The van der Waals surface area contributed by atoms with Gasteiger partial charge < -0.3 is 4.98 Å². The molecule has 20 heavy (non-hydrogen) atoms. The summed E-state index contributed by atoms with van der Waals surface area (Å²) >= 11 is 0. The van der Waals surface area contributed by atoms with Crippen LogP contribution >= 0.6 is 0 Å². The Morgan fingerprint density at radius 3 is 2.55 bits per heavy atom. The van der Waals surface area contributed by atoms with Crippen LogP contribution in [-0.4, -0.2) is 11.2 Å². The Hall–Kier alpha value is -2.35. The summed E-state index contributed by atoms with van der Waals surface area (Å²) < 4.78 is 0. The van der Waals surface area contributed by atoms with Gasteiger partial charge in [-0.25, -0.2) is 0 Å². The molecule has 4 rings (SSSR count). The van der Waals surface area contributed by atoms with Gasteiger partial charge in [-0.2, -0.15) is 0 Å². The second-order valence-electron chi connectivity index (χ2n) is 5.14. The molecule has 0 fully saturated rings. The average Bonchev–Trinajstić information content (AvgIpc) is 3.05. The van der Waals surface area contributed by atoms with Gasteiger partial charge in [0.25, 0.3) is 0 Å². The standard InChI is InChI=1S/2C9H9N/c2*1-7-6-10-9-5-3-2-4-8(7)9/h2-6,10H,1H3;2-7H,1H3. The maximum Gasteiger partial charge on any atom is 0.0664 e. The van der Waals surface area contributed by atoms with E-state index < -0.39 is 0 Å². The minimum Gasteiger partial charge on any atom is -0.361 e. The van der Waals surface area contributed by atoms with Crippen LogP contribution in [0.25, 0.3) is 10.9 Å². The lowest BCUT2D eigenvalue weighted by Gasteiger charge is -1.99. The van der Waals surface area contributed by atoms with Crippen molar-refractivity contribution >= 4 is 22.8 Å². The van der Waals surface area contributed by atoms with E-state index in [0.29, 0.717) is 5.92 Å². The summed E-state index contributed by atoms with van der Waals surface area (Å²) in [5.41, 5.74) is 5.02. The first-order valence-corrected chi connectivity index (χ1v) is 6.91. The third kappa shape index (κ3) is 2.37. The molecule has 2 heteroatoms. The molecule has 1 atom stereocenters. The normalized spacial score (nSPS) is 15.8. The molecule has 2 heterocycles. The summed E-state index contributed by atoms with van der Waals surface area (Å²) in [6, 6.07) is 16.6. The first kappa shape index (κ1) is 12.7. The Morgan fingerprint density at radius 1 is 1.00 bits per heavy atom. The summed E-state index contributed by atoms with van der Waals surface area (Å²) in [4.78, 5) is 7.44. The highest BCUT2D eigenvalue weighted by molar-refractivity contribution is 5.82. The lowest BCUT2D eigenvalue weighted by molar-refractivity contribution is 1.08. The number of aliphatic imine (C=N–C) groups is 1. The van der Waals surface area contributed by atoms with Gasteiger partial charge in [0, 0.05) is 29.2 Å². The van der Waals surface area contributed by atoms with Gasteiger partial charge in [0.2, 0.25) is 0 Å². The van der Waals surface area contributed by atoms with E-state index in [1.165, 1.54) is 22.0 Å². The van der Waals surface area contributed by atoms with Gasteiger partial charge in [0.15, 0.2) is 0 Å². The molecule has 0 radical (unpaired) electrons. The van der Waals surface area contributed by atoms with Crippen LogP contribution in [0.5, 0.6) is 0 Å². The Kier molecular flexibility index (Phi) is 3.38. The number of nitrogens with one attached hydrogen (secondary N) is 1. The molecule has 2 nitrogen and oxygen atoms in total. The van der Waals surface area contributed by atoms with Crippen molar-refractivity contribution in [2.45, 2.75) is 19.8 Å². The molecule has 0 aliphatic carbocycles. The molecule has 100 valence electrons. The minimum atomic E-state index is 0.510. The van der Waals surface area contributed by atoms with Gasteiger partial charge in [-0.3, -0.25) is 4.99 Å². The third-order valence-electron chi connectivity index (χ3n) is 3.66. The largest absolute Gasteiger partial charge is 0.361 e. The van der Waals surface area contributed by atoms with Crippen LogP contribution in [0.2, 0.25) is 0 Å². The maximum atomic E-state index is 4.26. The Balaban J connectivity index is 0.000000121. The number of aryl methyl sites for hydroxylation is 1. The highest BCUT2D eigenvalue weighted by Crippen LogP contribution is 2.30. The molecule has 2 aromatic carbocycles. The van der Waals surface area contributed by atoms with E-state index in [4.69, 9.17) is 0 Å². The number of rotatable bonds is 0. The molecular weight excluding hydrogens is 244 g/mol.